The van der Waals surface area contributed by atoms with Crippen LogP contribution >= 0.6 is 0 Å². The average molecular weight is 447 g/mol. The quantitative estimate of drug-likeness (QED) is 0.533. The molecule has 0 aliphatic carbocycles. The van der Waals surface area contributed by atoms with Gasteiger partial charge in [0.05, 0.1) is 5.56 Å². The Labute approximate surface area is 175 Å². The van der Waals surface area contributed by atoms with Gasteiger partial charge in [-0.25, -0.2) is 4.79 Å². The smallest absolute Gasteiger partial charge is 0.354 e. The first-order valence-corrected chi connectivity index (χ1v) is 11.6. The summed E-state index contributed by atoms with van der Waals surface area (Å²) in [7, 11) is -8.32. The lowest BCUT2D eigenvalue weighted by Crippen LogP contribution is -2.14. The van der Waals surface area contributed by atoms with Crippen molar-refractivity contribution < 1.29 is 30.0 Å². The SMILES string of the molecule is Cc1ccc(S(=O)(=O)OC(=O)c2ccc(OS(=O)(=O)c3ccc(C)cc3)cc2)cc1. The van der Waals surface area contributed by atoms with E-state index < -0.39 is 26.2 Å². The summed E-state index contributed by atoms with van der Waals surface area (Å²) in [6.07, 6.45) is 0. The first-order valence-electron chi connectivity index (χ1n) is 8.73. The van der Waals surface area contributed by atoms with Gasteiger partial charge in [0.1, 0.15) is 15.5 Å². The molecule has 0 aliphatic heterocycles. The van der Waals surface area contributed by atoms with Crippen molar-refractivity contribution in [3.63, 3.8) is 0 Å². The van der Waals surface area contributed by atoms with Gasteiger partial charge < -0.3 is 8.37 Å². The maximum atomic E-state index is 12.3. The lowest BCUT2D eigenvalue weighted by molar-refractivity contribution is 0.0746. The molecule has 9 heteroatoms. The standard InChI is InChI=1S/C21H18O7S2/c1-15-3-11-19(12-4-15)29(23,24)27-18-9-7-17(8-10-18)21(22)28-30(25,26)20-13-5-16(2)6-14-20/h3-14H,1-2H3. The molecule has 0 saturated carbocycles. The van der Waals surface area contributed by atoms with Crippen molar-refractivity contribution >= 4 is 26.2 Å². The molecule has 0 saturated heterocycles. The third-order valence-electron chi connectivity index (χ3n) is 4.10. The number of hydrogen-bond acceptors (Lipinski definition) is 7. The molecule has 0 unspecified atom stereocenters. The minimum absolute atomic E-state index is 0.0132. The van der Waals surface area contributed by atoms with E-state index in [0.717, 1.165) is 11.1 Å². The molecule has 3 aromatic rings. The van der Waals surface area contributed by atoms with Crippen molar-refractivity contribution in [2.24, 2.45) is 0 Å². The Morgan fingerprint density at radius 3 is 1.53 bits per heavy atom. The van der Waals surface area contributed by atoms with Crippen LogP contribution in [0.5, 0.6) is 5.75 Å². The number of rotatable bonds is 6. The van der Waals surface area contributed by atoms with E-state index in [2.05, 4.69) is 4.18 Å². The number of carbonyl (C=O) groups is 1. The zero-order valence-corrected chi connectivity index (χ0v) is 17.7. The number of carbonyl (C=O) groups excluding carboxylic acids is 1. The molecule has 156 valence electrons. The predicted molar refractivity (Wildman–Crippen MR) is 109 cm³/mol. The molecule has 30 heavy (non-hydrogen) atoms. The fraction of sp³-hybridized carbons (Fsp3) is 0.0952. The van der Waals surface area contributed by atoms with Gasteiger partial charge in [0, 0.05) is 0 Å². The Hall–Kier alpha value is -3.17. The van der Waals surface area contributed by atoms with E-state index in [0.29, 0.717) is 0 Å². The number of hydrogen-bond donors (Lipinski definition) is 0. The minimum Gasteiger partial charge on any atom is -0.379 e. The molecule has 0 N–H and O–H groups in total. The van der Waals surface area contributed by atoms with Crippen molar-refractivity contribution in [3.05, 3.63) is 89.5 Å². The summed E-state index contributed by atoms with van der Waals surface area (Å²) < 4.78 is 58.7. The van der Waals surface area contributed by atoms with Gasteiger partial charge in [-0.2, -0.15) is 16.8 Å². The van der Waals surface area contributed by atoms with Crippen LogP contribution in [0.4, 0.5) is 0 Å². The molecular weight excluding hydrogens is 428 g/mol. The molecule has 0 heterocycles. The second-order valence-electron chi connectivity index (χ2n) is 6.51. The van der Waals surface area contributed by atoms with Crippen molar-refractivity contribution in [1.82, 2.24) is 0 Å². The molecule has 0 bridgehead atoms. The first kappa shape index (κ1) is 21.5. The van der Waals surface area contributed by atoms with E-state index in [9.17, 15) is 21.6 Å². The van der Waals surface area contributed by atoms with Gasteiger partial charge in [0.25, 0.3) is 0 Å². The first-order chi connectivity index (χ1) is 14.1. The van der Waals surface area contributed by atoms with E-state index in [1.165, 1.54) is 48.5 Å². The maximum Gasteiger partial charge on any atom is 0.354 e. The highest BCUT2D eigenvalue weighted by atomic mass is 32.2. The van der Waals surface area contributed by atoms with Crippen LogP contribution in [0.2, 0.25) is 0 Å². The number of aryl methyl sites for hydroxylation is 2. The Morgan fingerprint density at radius 2 is 1.07 bits per heavy atom. The summed E-state index contributed by atoms with van der Waals surface area (Å²) in [5, 5.41) is 0. The minimum atomic E-state index is -4.28. The monoisotopic (exact) mass is 446 g/mol. The van der Waals surface area contributed by atoms with Gasteiger partial charge in [-0.1, -0.05) is 35.4 Å². The van der Waals surface area contributed by atoms with Crippen molar-refractivity contribution in [2.45, 2.75) is 23.6 Å². The van der Waals surface area contributed by atoms with E-state index in [4.69, 9.17) is 4.18 Å². The molecule has 0 spiro atoms. The van der Waals surface area contributed by atoms with E-state index in [1.807, 2.05) is 6.92 Å². The van der Waals surface area contributed by atoms with Crippen molar-refractivity contribution in [3.8, 4) is 5.75 Å². The Bertz CT molecular complexity index is 1260. The third-order valence-corrected chi connectivity index (χ3v) is 6.58. The molecule has 0 aliphatic rings. The zero-order chi connectivity index (χ0) is 21.9. The summed E-state index contributed by atoms with van der Waals surface area (Å²) >= 11 is 0. The van der Waals surface area contributed by atoms with Gasteiger partial charge in [0.2, 0.25) is 0 Å². The van der Waals surface area contributed by atoms with Crippen molar-refractivity contribution in [1.29, 1.82) is 0 Å². The Balaban J connectivity index is 1.72. The lowest BCUT2D eigenvalue weighted by Gasteiger charge is -2.09. The predicted octanol–water partition coefficient (Wildman–Crippen LogP) is 3.62. The molecule has 0 atom stereocenters. The largest absolute Gasteiger partial charge is 0.379 e. The second-order valence-corrected chi connectivity index (χ2v) is 9.61. The molecular formula is C21H18O7S2. The summed E-state index contributed by atoms with van der Waals surface area (Å²) in [5.74, 6) is -1.13. The summed E-state index contributed by atoms with van der Waals surface area (Å²) in [4.78, 5) is 12.0. The molecule has 3 rings (SSSR count). The van der Waals surface area contributed by atoms with Gasteiger partial charge in [-0.15, -0.1) is 0 Å². The van der Waals surface area contributed by atoms with Crippen LogP contribution in [0.3, 0.4) is 0 Å². The van der Waals surface area contributed by atoms with Gasteiger partial charge >= 0.3 is 26.2 Å². The maximum absolute atomic E-state index is 12.3. The third kappa shape index (κ3) is 5.05. The van der Waals surface area contributed by atoms with Crippen molar-refractivity contribution in [2.75, 3.05) is 0 Å². The second kappa shape index (κ2) is 8.29. The van der Waals surface area contributed by atoms with Crippen LogP contribution in [0, 0.1) is 13.8 Å². The van der Waals surface area contributed by atoms with Crippen LogP contribution in [0.25, 0.3) is 0 Å². The number of benzene rings is 3. The topological polar surface area (TPSA) is 104 Å². The van der Waals surface area contributed by atoms with Gasteiger partial charge in [0.15, 0.2) is 0 Å². The molecule has 7 nitrogen and oxygen atoms in total. The highest BCUT2D eigenvalue weighted by molar-refractivity contribution is 7.87. The van der Waals surface area contributed by atoms with E-state index in [-0.39, 0.29) is 21.1 Å². The fourth-order valence-corrected chi connectivity index (χ4v) is 4.22. The molecule has 0 radical (unpaired) electrons. The molecule has 0 amide bonds. The van der Waals surface area contributed by atoms with Crippen LogP contribution in [0.1, 0.15) is 21.5 Å². The summed E-state index contributed by atoms with van der Waals surface area (Å²) in [5.41, 5.74) is 1.68. The van der Waals surface area contributed by atoms with E-state index in [1.54, 1.807) is 31.2 Å². The average Bonchev–Trinajstić information content (AvgIpc) is 2.68. The highest BCUT2D eigenvalue weighted by Gasteiger charge is 2.22. The van der Waals surface area contributed by atoms with Gasteiger partial charge in [-0.05, 0) is 62.4 Å². The van der Waals surface area contributed by atoms with Crippen LogP contribution < -0.4 is 4.18 Å². The fourth-order valence-electron chi connectivity index (χ4n) is 2.43. The molecule has 0 aromatic heterocycles. The molecule has 0 fully saturated rings. The summed E-state index contributed by atoms with van der Waals surface area (Å²) in [6, 6.07) is 16.9. The lowest BCUT2D eigenvalue weighted by atomic mass is 10.2. The molecule has 3 aromatic carbocycles. The Morgan fingerprint density at radius 1 is 0.633 bits per heavy atom. The van der Waals surface area contributed by atoms with Crippen LogP contribution in [-0.2, 0) is 24.4 Å². The van der Waals surface area contributed by atoms with E-state index >= 15 is 0 Å². The zero-order valence-electron chi connectivity index (χ0n) is 16.1. The normalized spacial score (nSPS) is 11.7. The Kier molecular flexibility index (Phi) is 5.95. The summed E-state index contributed by atoms with van der Waals surface area (Å²) in [6.45, 7) is 3.62. The van der Waals surface area contributed by atoms with Gasteiger partial charge in [-0.3, -0.25) is 0 Å². The van der Waals surface area contributed by atoms with Crippen LogP contribution in [0.15, 0.2) is 82.6 Å². The van der Waals surface area contributed by atoms with Crippen LogP contribution in [-0.4, -0.2) is 22.8 Å². The highest BCUT2D eigenvalue weighted by Crippen LogP contribution is 2.21.